The van der Waals surface area contributed by atoms with Gasteiger partial charge in [-0.05, 0) is 87.7 Å². The second-order valence-electron chi connectivity index (χ2n) is 16.1. The maximum absolute atomic E-state index is 12.1. The molecule has 5 heteroatoms. The third-order valence-corrected chi connectivity index (χ3v) is 10.5. The van der Waals surface area contributed by atoms with Crippen LogP contribution in [0.25, 0.3) is 83.2 Å². The lowest BCUT2D eigenvalue weighted by Gasteiger charge is -2.25. The molecule has 0 unspecified atom stereocenters. The number of para-hydroxylation sites is 2. The lowest BCUT2D eigenvalue weighted by Crippen LogP contribution is -2.12. The molecule has 0 aliphatic rings. The van der Waals surface area contributed by atoms with Gasteiger partial charge in [-0.2, -0.15) is 0 Å². The minimum absolute atomic E-state index is 0.150. The van der Waals surface area contributed by atoms with Crippen molar-refractivity contribution in [3.05, 3.63) is 145 Å². The molecule has 0 bridgehead atoms. The van der Waals surface area contributed by atoms with Crippen LogP contribution in [0.15, 0.2) is 138 Å². The molecule has 53 heavy (non-hydrogen) atoms. The lowest BCUT2D eigenvalue weighted by atomic mass is 9.80. The van der Waals surface area contributed by atoms with Crippen LogP contribution in [0.5, 0.6) is 5.75 Å². The van der Waals surface area contributed by atoms with Gasteiger partial charge < -0.3 is 9.52 Å². The number of hydrogen-bond acceptors (Lipinski definition) is 4. The van der Waals surface area contributed by atoms with Crippen LogP contribution in [-0.2, 0) is 10.8 Å². The van der Waals surface area contributed by atoms with E-state index in [-0.39, 0.29) is 16.6 Å². The highest BCUT2D eigenvalue weighted by atomic mass is 16.3. The summed E-state index contributed by atoms with van der Waals surface area (Å²) in [5.41, 5.74) is 10.5. The number of aromatic nitrogens is 3. The molecular formula is C48H41N3O2. The summed E-state index contributed by atoms with van der Waals surface area (Å²) < 4.78 is 8.85. The molecule has 0 saturated heterocycles. The Labute approximate surface area is 309 Å². The van der Waals surface area contributed by atoms with Crippen molar-refractivity contribution in [2.45, 2.75) is 52.4 Å². The minimum Gasteiger partial charge on any atom is -0.507 e. The van der Waals surface area contributed by atoms with Crippen molar-refractivity contribution in [2.24, 2.45) is 0 Å². The van der Waals surface area contributed by atoms with Gasteiger partial charge in [0.25, 0.3) is 0 Å². The van der Waals surface area contributed by atoms with Crippen molar-refractivity contribution in [1.82, 2.24) is 14.5 Å². The molecule has 0 spiro atoms. The molecule has 9 rings (SSSR count). The zero-order chi connectivity index (χ0) is 36.6. The number of benzene rings is 5. The van der Waals surface area contributed by atoms with E-state index in [9.17, 15) is 5.11 Å². The quantitative estimate of drug-likeness (QED) is 0.199. The van der Waals surface area contributed by atoms with E-state index < -0.39 is 0 Å². The number of hydrogen-bond donors (Lipinski definition) is 1. The average molecular weight is 692 g/mol. The van der Waals surface area contributed by atoms with Crippen molar-refractivity contribution in [3.63, 3.8) is 0 Å². The van der Waals surface area contributed by atoms with Crippen LogP contribution >= 0.6 is 0 Å². The Morgan fingerprint density at radius 3 is 1.94 bits per heavy atom. The van der Waals surface area contributed by atoms with E-state index in [4.69, 9.17) is 14.4 Å². The molecule has 0 amide bonds. The molecule has 0 atom stereocenters. The van der Waals surface area contributed by atoms with E-state index in [1.165, 1.54) is 0 Å². The minimum atomic E-state index is -0.203. The molecule has 1 N–H and O–H groups in total. The number of nitrogens with zero attached hydrogens (tertiary/aromatic N) is 3. The SMILES string of the molecule is CC(C)(C)c1cc(-c2cc(C(C)(C)C)cc(-c3ccccc3)c2O)cc(-c2nc(-n3c4ccccc4c4cccnc43)cc3c2oc2ccccc23)c1. The first-order valence-electron chi connectivity index (χ1n) is 18.2. The van der Waals surface area contributed by atoms with Gasteiger partial charge in [0.15, 0.2) is 5.58 Å². The highest BCUT2D eigenvalue weighted by molar-refractivity contribution is 6.11. The van der Waals surface area contributed by atoms with Crippen molar-refractivity contribution in [1.29, 1.82) is 0 Å². The molecule has 5 aromatic carbocycles. The Morgan fingerprint density at radius 2 is 1.19 bits per heavy atom. The van der Waals surface area contributed by atoms with Crippen molar-refractivity contribution in [2.75, 3.05) is 0 Å². The first kappa shape index (κ1) is 32.7. The zero-order valence-corrected chi connectivity index (χ0v) is 30.9. The number of pyridine rings is 2. The summed E-state index contributed by atoms with van der Waals surface area (Å²) in [6.07, 6.45) is 1.84. The van der Waals surface area contributed by atoms with Gasteiger partial charge in [0.1, 0.15) is 28.5 Å². The monoisotopic (exact) mass is 691 g/mol. The second kappa shape index (κ2) is 11.9. The largest absolute Gasteiger partial charge is 0.507 e. The molecule has 4 heterocycles. The average Bonchev–Trinajstić information content (AvgIpc) is 3.70. The first-order chi connectivity index (χ1) is 25.5. The maximum atomic E-state index is 12.1. The Kier molecular flexibility index (Phi) is 7.35. The number of phenolic OH excluding ortho intramolecular Hbond substituents is 1. The van der Waals surface area contributed by atoms with Gasteiger partial charge in [-0.3, -0.25) is 4.57 Å². The highest BCUT2D eigenvalue weighted by Gasteiger charge is 2.25. The summed E-state index contributed by atoms with van der Waals surface area (Å²) in [4.78, 5) is 10.3. The second-order valence-corrected chi connectivity index (χ2v) is 16.1. The van der Waals surface area contributed by atoms with E-state index in [1.54, 1.807) is 0 Å². The normalized spacial score (nSPS) is 12.4. The van der Waals surface area contributed by atoms with Crippen molar-refractivity contribution in [3.8, 4) is 45.1 Å². The number of rotatable bonds is 4. The fraction of sp³-hybridized carbons (Fsp3) is 0.167. The third-order valence-electron chi connectivity index (χ3n) is 10.5. The van der Waals surface area contributed by atoms with Crippen LogP contribution < -0.4 is 0 Å². The summed E-state index contributed by atoms with van der Waals surface area (Å²) in [7, 11) is 0. The smallest absolute Gasteiger partial charge is 0.161 e. The van der Waals surface area contributed by atoms with Crippen LogP contribution in [0.3, 0.4) is 0 Å². The van der Waals surface area contributed by atoms with E-state index >= 15 is 0 Å². The number of furan rings is 1. The Bertz CT molecular complexity index is 2810. The predicted molar refractivity (Wildman–Crippen MR) is 219 cm³/mol. The fourth-order valence-electron chi connectivity index (χ4n) is 7.53. The molecule has 5 nitrogen and oxygen atoms in total. The summed E-state index contributed by atoms with van der Waals surface area (Å²) in [6, 6.07) is 43.8. The fourth-order valence-corrected chi connectivity index (χ4v) is 7.53. The van der Waals surface area contributed by atoms with Gasteiger partial charge in [0.2, 0.25) is 0 Å². The van der Waals surface area contributed by atoms with Crippen LogP contribution in [0.1, 0.15) is 52.7 Å². The number of aromatic hydroxyl groups is 1. The van der Waals surface area contributed by atoms with Gasteiger partial charge in [-0.1, -0.05) is 114 Å². The molecule has 0 aliphatic heterocycles. The van der Waals surface area contributed by atoms with Crippen molar-refractivity contribution < 1.29 is 9.52 Å². The van der Waals surface area contributed by atoms with Gasteiger partial charge >= 0.3 is 0 Å². The van der Waals surface area contributed by atoms with E-state index in [1.807, 2.05) is 48.7 Å². The number of fused-ring (bicyclic) bond motifs is 6. The Balaban J connectivity index is 1.37. The zero-order valence-electron chi connectivity index (χ0n) is 30.9. The third kappa shape index (κ3) is 5.46. The van der Waals surface area contributed by atoms with Crippen LogP contribution in [0.2, 0.25) is 0 Å². The molecular weight excluding hydrogens is 651 g/mol. The summed E-state index contributed by atoms with van der Waals surface area (Å²) in [5, 5.41) is 16.3. The molecule has 4 aromatic heterocycles. The van der Waals surface area contributed by atoms with Crippen LogP contribution in [-0.4, -0.2) is 19.6 Å². The molecule has 260 valence electrons. The van der Waals surface area contributed by atoms with Gasteiger partial charge in [-0.15, -0.1) is 0 Å². The van der Waals surface area contributed by atoms with E-state index in [0.29, 0.717) is 0 Å². The highest BCUT2D eigenvalue weighted by Crippen LogP contribution is 2.45. The van der Waals surface area contributed by atoms with Gasteiger partial charge in [-0.25, -0.2) is 9.97 Å². The van der Waals surface area contributed by atoms with Crippen LogP contribution in [0, 0.1) is 0 Å². The molecule has 0 fully saturated rings. The maximum Gasteiger partial charge on any atom is 0.161 e. The summed E-state index contributed by atoms with van der Waals surface area (Å²) in [6.45, 7) is 13.3. The van der Waals surface area contributed by atoms with Gasteiger partial charge in [0, 0.05) is 44.4 Å². The van der Waals surface area contributed by atoms with Crippen LogP contribution in [0.4, 0.5) is 0 Å². The Morgan fingerprint density at radius 1 is 0.566 bits per heavy atom. The number of phenols is 1. The Hall–Kier alpha value is -6.20. The molecule has 0 saturated carbocycles. The first-order valence-corrected chi connectivity index (χ1v) is 18.2. The standard InChI is InChI=1S/C48H41N3O2/c1-47(2,3)32-24-30(38-27-33(48(4,5)6)26-37(44(38)52)29-15-8-7-9-16-29)23-31(25-32)43-45-39(35-18-11-13-21-41(35)53-45)28-42(50-43)51-40-20-12-10-17-34(40)36-19-14-22-49-46(36)51/h7-28,52H,1-6H3. The van der Waals surface area contributed by atoms with E-state index in [0.717, 1.165) is 94.3 Å². The lowest BCUT2D eigenvalue weighted by molar-refractivity contribution is 0.478. The topological polar surface area (TPSA) is 64.1 Å². The van der Waals surface area contributed by atoms with Gasteiger partial charge in [0.05, 0.1) is 5.52 Å². The molecule has 0 radical (unpaired) electrons. The summed E-state index contributed by atoms with van der Waals surface area (Å²) >= 11 is 0. The van der Waals surface area contributed by atoms with Crippen molar-refractivity contribution >= 4 is 43.9 Å². The molecule has 0 aliphatic carbocycles. The summed E-state index contributed by atoms with van der Waals surface area (Å²) in [5.74, 6) is 1.02. The predicted octanol–water partition coefficient (Wildman–Crippen LogP) is 12.8. The van der Waals surface area contributed by atoms with E-state index in [2.05, 4.69) is 131 Å². The molecule has 9 aromatic rings.